The predicted molar refractivity (Wildman–Crippen MR) is 100 cm³/mol. The highest BCUT2D eigenvalue weighted by molar-refractivity contribution is 5.60. The first-order valence-electron chi connectivity index (χ1n) is 8.94. The zero-order valence-corrected chi connectivity index (χ0v) is 15.1. The van der Waals surface area contributed by atoms with Crippen LogP contribution in [-0.2, 0) is 6.42 Å². The van der Waals surface area contributed by atoms with E-state index < -0.39 is 0 Å². The number of piperazine rings is 1. The van der Waals surface area contributed by atoms with Gasteiger partial charge < -0.3 is 5.32 Å². The van der Waals surface area contributed by atoms with E-state index in [4.69, 9.17) is 4.98 Å². The number of non-ortho nitro benzene ring substituents is 1. The molecule has 0 amide bonds. The lowest BCUT2D eigenvalue weighted by atomic mass is 10.2. The van der Waals surface area contributed by atoms with Crippen LogP contribution in [0, 0.1) is 10.1 Å². The summed E-state index contributed by atoms with van der Waals surface area (Å²) in [6, 6.07) is 8.75. The Kier molecular flexibility index (Phi) is 5.75. The summed E-state index contributed by atoms with van der Waals surface area (Å²) in [5.41, 5.74) is 1.72. The van der Waals surface area contributed by atoms with Crippen LogP contribution in [0.1, 0.15) is 26.0 Å². The molecule has 0 saturated carbocycles. The molecule has 1 fully saturated rings. The van der Waals surface area contributed by atoms with Gasteiger partial charge in [0.1, 0.15) is 0 Å². The predicted octanol–water partition coefficient (Wildman–Crippen LogP) is 2.68. The van der Waals surface area contributed by atoms with Crippen molar-refractivity contribution in [3.8, 4) is 0 Å². The first kappa shape index (κ1) is 18.2. The third kappa shape index (κ3) is 3.97. The largest absolute Gasteiger partial charge is 0.314 e. The summed E-state index contributed by atoms with van der Waals surface area (Å²) in [6.45, 7) is 6.67. The van der Waals surface area contributed by atoms with E-state index in [1.54, 1.807) is 18.3 Å². The normalized spacial score (nSPS) is 17.8. The van der Waals surface area contributed by atoms with Gasteiger partial charge in [-0.3, -0.25) is 10.1 Å². The average molecular weight is 356 g/mol. The van der Waals surface area contributed by atoms with E-state index in [9.17, 15) is 10.1 Å². The van der Waals surface area contributed by atoms with Crippen molar-refractivity contribution in [2.75, 3.05) is 24.6 Å². The highest BCUT2D eigenvalue weighted by atomic mass is 16.6. The number of hydrazine groups is 1. The van der Waals surface area contributed by atoms with Crippen molar-refractivity contribution in [1.82, 2.24) is 20.3 Å². The Balaban J connectivity index is 2.06. The monoisotopic (exact) mass is 356 g/mol. The van der Waals surface area contributed by atoms with Crippen molar-refractivity contribution in [2.45, 2.75) is 32.7 Å². The molecule has 8 nitrogen and oxygen atoms in total. The molecule has 1 saturated heterocycles. The molecule has 2 aromatic rings. The number of benzene rings is 1. The number of aryl methyl sites for hydroxylation is 1. The van der Waals surface area contributed by atoms with E-state index in [1.165, 1.54) is 6.07 Å². The second-order valence-corrected chi connectivity index (χ2v) is 6.40. The van der Waals surface area contributed by atoms with Crippen LogP contribution in [0.15, 0.2) is 36.5 Å². The fourth-order valence-corrected chi connectivity index (χ4v) is 3.13. The van der Waals surface area contributed by atoms with Crippen LogP contribution in [0.2, 0.25) is 0 Å². The van der Waals surface area contributed by atoms with Gasteiger partial charge in [-0.05, 0) is 25.5 Å². The van der Waals surface area contributed by atoms with Gasteiger partial charge in [0.15, 0.2) is 0 Å². The molecule has 0 bridgehead atoms. The van der Waals surface area contributed by atoms with E-state index in [2.05, 4.69) is 29.2 Å². The zero-order valence-electron chi connectivity index (χ0n) is 15.1. The molecule has 138 valence electrons. The standard InChI is InChI=1S/C18H24N6O2/c1-3-5-15-8-9-20-18(21-15)23(22-11-10-19-13-14(22)2)16-6-4-7-17(12-16)24(25)26/h4,6-9,12,14,19H,3,5,10-11,13H2,1-2H3/t14-/m1/s1. The second kappa shape index (κ2) is 8.20. The molecule has 2 heterocycles. The maximum Gasteiger partial charge on any atom is 0.271 e. The maximum absolute atomic E-state index is 11.2. The fourth-order valence-electron chi connectivity index (χ4n) is 3.13. The Morgan fingerprint density at radius 1 is 1.42 bits per heavy atom. The van der Waals surface area contributed by atoms with Crippen molar-refractivity contribution in [3.63, 3.8) is 0 Å². The number of nitro groups is 1. The lowest BCUT2D eigenvalue weighted by Gasteiger charge is -2.41. The number of nitro benzene ring substituents is 1. The van der Waals surface area contributed by atoms with E-state index in [0.29, 0.717) is 11.6 Å². The summed E-state index contributed by atoms with van der Waals surface area (Å²) in [5, 5.41) is 18.7. The molecule has 1 atom stereocenters. The summed E-state index contributed by atoms with van der Waals surface area (Å²) < 4.78 is 0. The van der Waals surface area contributed by atoms with Crippen molar-refractivity contribution >= 4 is 17.3 Å². The molecule has 0 radical (unpaired) electrons. The Morgan fingerprint density at radius 3 is 3.00 bits per heavy atom. The first-order valence-corrected chi connectivity index (χ1v) is 8.94. The number of nitrogens with one attached hydrogen (secondary N) is 1. The fraction of sp³-hybridized carbons (Fsp3) is 0.444. The van der Waals surface area contributed by atoms with E-state index >= 15 is 0 Å². The van der Waals surface area contributed by atoms with Gasteiger partial charge in [0.2, 0.25) is 5.95 Å². The molecule has 8 heteroatoms. The Bertz CT molecular complexity index is 769. The van der Waals surface area contributed by atoms with Crippen LogP contribution < -0.4 is 10.3 Å². The van der Waals surface area contributed by atoms with Gasteiger partial charge in [-0.25, -0.2) is 20.0 Å². The van der Waals surface area contributed by atoms with Gasteiger partial charge in [-0.15, -0.1) is 0 Å². The number of rotatable bonds is 6. The molecule has 1 aliphatic heterocycles. The lowest BCUT2D eigenvalue weighted by molar-refractivity contribution is -0.384. The minimum Gasteiger partial charge on any atom is -0.314 e. The van der Waals surface area contributed by atoms with Crippen LogP contribution in [0.5, 0.6) is 0 Å². The molecular weight excluding hydrogens is 332 g/mol. The van der Waals surface area contributed by atoms with Crippen molar-refractivity contribution in [3.05, 3.63) is 52.3 Å². The molecule has 1 aliphatic rings. The van der Waals surface area contributed by atoms with Crippen LogP contribution in [0.3, 0.4) is 0 Å². The molecule has 0 aliphatic carbocycles. The molecule has 0 unspecified atom stereocenters. The number of hydrogen-bond donors (Lipinski definition) is 1. The van der Waals surface area contributed by atoms with Crippen molar-refractivity contribution < 1.29 is 4.92 Å². The van der Waals surface area contributed by atoms with Crippen LogP contribution in [0.25, 0.3) is 0 Å². The number of anilines is 2. The maximum atomic E-state index is 11.2. The van der Waals surface area contributed by atoms with Crippen LogP contribution in [0.4, 0.5) is 17.3 Å². The quantitative estimate of drug-likeness (QED) is 0.629. The summed E-state index contributed by atoms with van der Waals surface area (Å²) >= 11 is 0. The number of hydrogen-bond acceptors (Lipinski definition) is 7. The van der Waals surface area contributed by atoms with Crippen molar-refractivity contribution in [2.24, 2.45) is 0 Å². The van der Waals surface area contributed by atoms with Gasteiger partial charge in [0, 0.05) is 49.7 Å². The summed E-state index contributed by atoms with van der Waals surface area (Å²) in [5.74, 6) is 0.546. The smallest absolute Gasteiger partial charge is 0.271 e. The van der Waals surface area contributed by atoms with Crippen LogP contribution in [-0.4, -0.2) is 45.6 Å². The van der Waals surface area contributed by atoms with Crippen molar-refractivity contribution in [1.29, 1.82) is 0 Å². The summed E-state index contributed by atoms with van der Waals surface area (Å²) in [6.07, 6.45) is 3.62. The average Bonchev–Trinajstić information content (AvgIpc) is 2.64. The topological polar surface area (TPSA) is 87.4 Å². The first-order chi connectivity index (χ1) is 12.6. The van der Waals surface area contributed by atoms with Gasteiger partial charge in [0.25, 0.3) is 5.69 Å². The minimum absolute atomic E-state index is 0.0556. The summed E-state index contributed by atoms with van der Waals surface area (Å²) in [7, 11) is 0. The van der Waals surface area contributed by atoms with Gasteiger partial charge in [-0.1, -0.05) is 19.4 Å². The highest BCUT2D eigenvalue weighted by Gasteiger charge is 2.28. The highest BCUT2D eigenvalue weighted by Crippen LogP contribution is 2.29. The van der Waals surface area contributed by atoms with Crippen LogP contribution >= 0.6 is 0 Å². The number of aromatic nitrogens is 2. The third-order valence-electron chi connectivity index (χ3n) is 4.40. The number of nitrogens with zero attached hydrogens (tertiary/aromatic N) is 5. The third-order valence-corrected chi connectivity index (χ3v) is 4.40. The Labute approximate surface area is 153 Å². The molecule has 1 aromatic carbocycles. The Hall–Kier alpha value is -2.58. The van der Waals surface area contributed by atoms with E-state index in [0.717, 1.165) is 38.2 Å². The van der Waals surface area contributed by atoms with Gasteiger partial charge >= 0.3 is 0 Å². The molecule has 1 aromatic heterocycles. The minimum atomic E-state index is -0.378. The van der Waals surface area contributed by atoms with Gasteiger partial charge in [0.05, 0.1) is 10.6 Å². The molecule has 1 N–H and O–H groups in total. The summed E-state index contributed by atoms with van der Waals surface area (Å²) in [4.78, 5) is 20.0. The lowest BCUT2D eigenvalue weighted by Crippen LogP contribution is -2.56. The SMILES string of the molecule is CCCc1ccnc(N(c2cccc([N+](=O)[O-])c2)N2CCNC[C@H]2C)n1. The molecular formula is C18H24N6O2. The molecule has 3 rings (SSSR count). The van der Waals surface area contributed by atoms with Gasteiger partial charge in [-0.2, -0.15) is 0 Å². The molecule has 0 spiro atoms. The van der Waals surface area contributed by atoms with E-state index in [-0.39, 0.29) is 16.7 Å². The van der Waals surface area contributed by atoms with E-state index in [1.807, 2.05) is 17.1 Å². The Morgan fingerprint density at radius 2 is 2.27 bits per heavy atom. The molecule has 26 heavy (non-hydrogen) atoms. The zero-order chi connectivity index (χ0) is 18.5. The second-order valence-electron chi connectivity index (χ2n) is 6.40.